The molecule has 4 saturated heterocycles. The average Bonchev–Trinajstić information content (AvgIpc) is 2.66. The Balaban J connectivity index is 1.55. The Hall–Kier alpha value is -2.12. The van der Waals surface area contributed by atoms with E-state index in [2.05, 4.69) is 37.0 Å². The van der Waals surface area contributed by atoms with Crippen molar-refractivity contribution < 1.29 is 4.39 Å². The van der Waals surface area contributed by atoms with Crippen LogP contribution in [0.3, 0.4) is 0 Å². The molecule has 0 atom stereocenters. The summed E-state index contributed by atoms with van der Waals surface area (Å²) in [5.41, 5.74) is 2.18. The van der Waals surface area contributed by atoms with Crippen LogP contribution < -0.4 is 0 Å². The molecule has 4 heterocycles. The van der Waals surface area contributed by atoms with Gasteiger partial charge in [0.05, 0.1) is 42.4 Å². The molecule has 0 saturated carbocycles. The van der Waals surface area contributed by atoms with Crippen molar-refractivity contribution in [2.45, 2.75) is 0 Å². The monoisotopic (exact) mass is 397 g/mol. The Morgan fingerprint density at radius 2 is 1.57 bits per heavy atom. The first kappa shape index (κ1) is 17.9. The van der Waals surface area contributed by atoms with Gasteiger partial charge in [0.25, 0.3) is 0 Å². The van der Waals surface area contributed by atoms with Crippen LogP contribution >= 0.6 is 11.6 Å². The highest BCUT2D eigenvalue weighted by atomic mass is 35.5. The van der Waals surface area contributed by atoms with Crippen molar-refractivity contribution >= 4 is 23.5 Å². The lowest BCUT2D eigenvalue weighted by Crippen LogP contribution is -2.74. The molecule has 4 fully saturated rings. The number of rotatable bonds is 4. The fourth-order valence-electron chi connectivity index (χ4n) is 4.79. The Morgan fingerprint density at radius 3 is 2.18 bits per heavy atom. The minimum absolute atomic E-state index is 0.105. The maximum atomic E-state index is 14.1. The van der Waals surface area contributed by atoms with Crippen LogP contribution in [0.5, 0.6) is 0 Å². The molecule has 5 nitrogen and oxygen atoms in total. The van der Waals surface area contributed by atoms with E-state index >= 15 is 0 Å². The Labute approximate surface area is 168 Å². The van der Waals surface area contributed by atoms with Gasteiger partial charge in [0.2, 0.25) is 0 Å². The van der Waals surface area contributed by atoms with Gasteiger partial charge in [0.15, 0.2) is 0 Å². The minimum atomic E-state index is -0.397. The number of benzene rings is 2. The predicted octanol–water partition coefficient (Wildman–Crippen LogP) is 3.11. The van der Waals surface area contributed by atoms with E-state index in [4.69, 9.17) is 11.6 Å². The summed E-state index contributed by atoms with van der Waals surface area (Å²) in [5, 5.41) is 9.25. The number of halogens is 2. The third-order valence-corrected chi connectivity index (χ3v) is 6.00. The molecule has 28 heavy (non-hydrogen) atoms. The highest BCUT2D eigenvalue weighted by Crippen LogP contribution is 2.38. The van der Waals surface area contributed by atoms with Gasteiger partial charge in [-0.2, -0.15) is 10.2 Å². The van der Waals surface area contributed by atoms with E-state index in [1.54, 1.807) is 12.1 Å². The lowest BCUT2D eigenvalue weighted by atomic mass is 9.74. The molecular weight excluding hydrogens is 377 g/mol. The fraction of sp³-hybridized carbons (Fsp3) is 0.333. The van der Waals surface area contributed by atoms with Crippen molar-refractivity contribution in [2.24, 2.45) is 15.6 Å². The van der Waals surface area contributed by atoms with Gasteiger partial charge in [-0.15, -0.1) is 0 Å². The lowest BCUT2D eigenvalue weighted by molar-refractivity contribution is -0.149. The van der Waals surface area contributed by atoms with Crippen LogP contribution in [0, 0.1) is 11.2 Å². The van der Waals surface area contributed by atoms with Gasteiger partial charge in [0, 0.05) is 25.2 Å². The first-order valence-electron chi connectivity index (χ1n) is 9.41. The van der Waals surface area contributed by atoms with Crippen LogP contribution in [0.1, 0.15) is 11.1 Å². The van der Waals surface area contributed by atoms with Crippen LogP contribution in [0.2, 0.25) is 5.02 Å². The van der Waals surface area contributed by atoms with Gasteiger partial charge in [-0.1, -0.05) is 48.0 Å². The van der Waals surface area contributed by atoms with Gasteiger partial charge in [-0.3, -0.25) is 14.7 Å². The van der Waals surface area contributed by atoms with E-state index in [0.29, 0.717) is 5.02 Å². The summed E-state index contributed by atoms with van der Waals surface area (Å²) >= 11 is 6.12. The second-order valence-corrected chi connectivity index (χ2v) is 8.29. The molecule has 2 aromatic carbocycles. The standard InChI is InChI=1S/C21H21ClFN5/c22-18-7-4-8-19(23)17(18)9-24-25-20(16-5-2-1-3-6-16)21-10-26-13-27(11-21)15-28(12-21)14-26/h1-9H,10-15H2/b24-9+,25-20?. The summed E-state index contributed by atoms with van der Waals surface area (Å²) in [6.07, 6.45) is 1.42. The summed E-state index contributed by atoms with van der Waals surface area (Å²) in [5.74, 6) is -0.397. The molecule has 6 rings (SSSR count). The topological polar surface area (TPSA) is 34.4 Å². The molecule has 0 aromatic heterocycles. The smallest absolute Gasteiger partial charge is 0.133 e. The zero-order valence-corrected chi connectivity index (χ0v) is 16.2. The van der Waals surface area contributed by atoms with Crippen molar-refractivity contribution in [3.8, 4) is 0 Å². The van der Waals surface area contributed by atoms with Crippen molar-refractivity contribution in [3.05, 3.63) is 70.5 Å². The average molecular weight is 398 g/mol. The number of hydrogen-bond acceptors (Lipinski definition) is 5. The molecule has 0 amide bonds. The maximum absolute atomic E-state index is 14.1. The number of nitrogens with zero attached hydrogens (tertiary/aromatic N) is 5. The van der Waals surface area contributed by atoms with E-state index in [-0.39, 0.29) is 11.0 Å². The van der Waals surface area contributed by atoms with E-state index in [9.17, 15) is 4.39 Å². The molecular formula is C21H21ClFN5. The molecule has 144 valence electrons. The number of hydrogen-bond donors (Lipinski definition) is 0. The maximum Gasteiger partial charge on any atom is 0.133 e. The fourth-order valence-corrected chi connectivity index (χ4v) is 5.00. The summed E-state index contributed by atoms with van der Waals surface area (Å²) in [6, 6.07) is 14.8. The first-order valence-corrected chi connectivity index (χ1v) is 9.79. The van der Waals surface area contributed by atoms with Crippen molar-refractivity contribution in [2.75, 3.05) is 39.6 Å². The minimum Gasteiger partial charge on any atom is -0.276 e. The lowest BCUT2D eigenvalue weighted by Gasteiger charge is -2.60. The normalized spacial score (nSPS) is 31.6. The Bertz CT molecular complexity index is 888. The van der Waals surface area contributed by atoms with Crippen LogP contribution in [-0.2, 0) is 0 Å². The summed E-state index contributed by atoms with van der Waals surface area (Å²) in [7, 11) is 0. The molecule has 0 radical (unpaired) electrons. The molecule has 7 heteroatoms. The molecule has 2 aromatic rings. The van der Waals surface area contributed by atoms with Crippen LogP contribution in [0.25, 0.3) is 0 Å². The molecule has 0 aliphatic carbocycles. The second kappa shape index (κ2) is 7.04. The first-order chi connectivity index (χ1) is 13.6. The van der Waals surface area contributed by atoms with Crippen molar-refractivity contribution in [3.63, 3.8) is 0 Å². The quantitative estimate of drug-likeness (QED) is 0.587. The van der Waals surface area contributed by atoms with Crippen molar-refractivity contribution in [1.29, 1.82) is 0 Å². The van der Waals surface area contributed by atoms with E-state index in [0.717, 1.165) is 50.9 Å². The van der Waals surface area contributed by atoms with Crippen LogP contribution in [0.4, 0.5) is 4.39 Å². The third kappa shape index (κ3) is 3.16. The summed E-state index contributed by atoms with van der Waals surface area (Å²) in [4.78, 5) is 7.35. The van der Waals surface area contributed by atoms with E-state index < -0.39 is 5.82 Å². The van der Waals surface area contributed by atoms with Gasteiger partial charge in [0.1, 0.15) is 5.82 Å². The Morgan fingerprint density at radius 1 is 0.929 bits per heavy atom. The predicted molar refractivity (Wildman–Crippen MR) is 109 cm³/mol. The van der Waals surface area contributed by atoms with Gasteiger partial charge < -0.3 is 0 Å². The molecule has 4 bridgehead atoms. The van der Waals surface area contributed by atoms with Gasteiger partial charge >= 0.3 is 0 Å². The highest BCUT2D eigenvalue weighted by molar-refractivity contribution is 6.33. The zero-order valence-electron chi connectivity index (χ0n) is 15.4. The molecule has 4 aliphatic rings. The summed E-state index contributed by atoms with van der Waals surface area (Å²) < 4.78 is 14.1. The van der Waals surface area contributed by atoms with Crippen LogP contribution in [0.15, 0.2) is 58.7 Å². The summed E-state index contributed by atoms with van der Waals surface area (Å²) in [6.45, 7) is 5.91. The molecule has 4 aliphatic heterocycles. The SMILES string of the molecule is Fc1cccc(Cl)c1/C=N/N=C(c1ccccc1)C12CN3CN(CN(C3)C1)C2. The Kier molecular flexibility index (Phi) is 4.51. The van der Waals surface area contributed by atoms with Gasteiger partial charge in [-0.05, 0) is 17.7 Å². The molecule has 0 N–H and O–H groups in total. The molecule has 0 spiro atoms. The van der Waals surface area contributed by atoms with E-state index in [1.807, 2.05) is 18.2 Å². The van der Waals surface area contributed by atoms with Gasteiger partial charge in [-0.25, -0.2) is 4.39 Å². The largest absolute Gasteiger partial charge is 0.276 e. The van der Waals surface area contributed by atoms with E-state index in [1.165, 1.54) is 12.3 Å². The zero-order chi connectivity index (χ0) is 19.1. The second-order valence-electron chi connectivity index (χ2n) is 7.89. The van der Waals surface area contributed by atoms with Crippen molar-refractivity contribution in [1.82, 2.24) is 14.7 Å². The third-order valence-electron chi connectivity index (χ3n) is 5.67. The molecule has 0 unspecified atom stereocenters. The van der Waals surface area contributed by atoms with Crippen LogP contribution in [-0.4, -0.2) is 66.3 Å². The highest BCUT2D eigenvalue weighted by Gasteiger charge is 2.51.